The van der Waals surface area contributed by atoms with Crippen LogP contribution in [0.1, 0.15) is 0 Å². The normalized spacial score (nSPS) is 11.9. The van der Waals surface area contributed by atoms with E-state index < -0.39 is 0 Å². The van der Waals surface area contributed by atoms with Crippen LogP contribution in [0.2, 0.25) is 0 Å². The third kappa shape index (κ3) is 4.01. The molecule has 0 aliphatic rings. The Kier molecular flexibility index (Phi) is 5.65. The van der Waals surface area contributed by atoms with Crippen molar-refractivity contribution < 1.29 is 4.42 Å². The molecule has 0 bridgehead atoms. The molecule has 10 aromatic rings. The van der Waals surface area contributed by atoms with E-state index in [0.29, 0.717) is 0 Å². The van der Waals surface area contributed by atoms with Crippen molar-refractivity contribution in [1.82, 2.24) is 0 Å². The second-order valence-corrected chi connectivity index (χ2v) is 13.9. The largest absolute Gasteiger partial charge is 0.456 e. The van der Waals surface area contributed by atoms with Crippen LogP contribution in [-0.2, 0) is 0 Å². The fraction of sp³-hybridized carbons (Fsp3) is 0. The highest BCUT2D eigenvalue weighted by molar-refractivity contribution is 7.26. The summed E-state index contributed by atoms with van der Waals surface area (Å²) in [7, 11) is 0. The van der Waals surface area contributed by atoms with E-state index in [2.05, 4.69) is 144 Å². The topological polar surface area (TPSA) is 16.4 Å². The minimum Gasteiger partial charge on any atom is -0.456 e. The number of furan rings is 1. The Morgan fingerprint density at radius 3 is 1.59 bits per heavy atom. The summed E-state index contributed by atoms with van der Waals surface area (Å²) in [6, 6.07) is 54.9. The molecule has 0 amide bonds. The van der Waals surface area contributed by atoms with Gasteiger partial charge >= 0.3 is 0 Å². The van der Waals surface area contributed by atoms with Gasteiger partial charge in [-0.25, -0.2) is 0 Å². The van der Waals surface area contributed by atoms with E-state index in [0.717, 1.165) is 39.0 Å². The fourth-order valence-electron chi connectivity index (χ4n) is 6.86. The van der Waals surface area contributed by atoms with Crippen molar-refractivity contribution in [3.63, 3.8) is 0 Å². The van der Waals surface area contributed by atoms with Gasteiger partial charge in [0.2, 0.25) is 0 Å². The predicted molar refractivity (Wildman–Crippen MR) is 200 cm³/mol. The minimum atomic E-state index is 0.899. The Bertz CT molecular complexity index is 2650. The van der Waals surface area contributed by atoms with Gasteiger partial charge in [0.15, 0.2) is 0 Å². The molecule has 0 aliphatic carbocycles. The monoisotopic (exact) mass is 623 g/mol. The Labute approximate surface area is 273 Å². The van der Waals surface area contributed by atoms with Crippen LogP contribution in [-0.4, -0.2) is 0 Å². The molecule has 0 N–H and O–H groups in total. The van der Waals surface area contributed by atoms with Gasteiger partial charge in [0.05, 0.1) is 0 Å². The van der Waals surface area contributed by atoms with Crippen LogP contribution in [0.4, 0.5) is 17.1 Å². The zero-order valence-electron chi connectivity index (χ0n) is 24.6. The molecule has 0 radical (unpaired) electrons. The van der Waals surface area contributed by atoms with E-state index in [1.165, 1.54) is 51.5 Å². The lowest BCUT2D eigenvalue weighted by Crippen LogP contribution is -2.09. The highest BCUT2D eigenvalue weighted by Gasteiger charge is 2.17. The van der Waals surface area contributed by atoms with E-state index in [1.54, 1.807) is 0 Å². The molecule has 2 nitrogen and oxygen atoms in total. The molecule has 4 heteroatoms. The Hall–Kier alpha value is -5.42. The van der Waals surface area contributed by atoms with Gasteiger partial charge in [0.25, 0.3) is 0 Å². The molecule has 0 aliphatic heterocycles. The molecule has 0 saturated heterocycles. The number of thiophene rings is 2. The van der Waals surface area contributed by atoms with Gasteiger partial charge in [-0.3, -0.25) is 0 Å². The van der Waals surface area contributed by atoms with Crippen LogP contribution in [0.3, 0.4) is 0 Å². The summed E-state index contributed by atoms with van der Waals surface area (Å²) in [6.45, 7) is 0. The van der Waals surface area contributed by atoms with Gasteiger partial charge in [0, 0.05) is 68.2 Å². The van der Waals surface area contributed by atoms with Crippen LogP contribution >= 0.6 is 22.7 Å². The van der Waals surface area contributed by atoms with Gasteiger partial charge < -0.3 is 9.32 Å². The lowest BCUT2D eigenvalue weighted by atomic mass is 10.0. The van der Waals surface area contributed by atoms with Crippen molar-refractivity contribution >= 4 is 102 Å². The van der Waals surface area contributed by atoms with Crippen molar-refractivity contribution in [2.45, 2.75) is 0 Å². The Morgan fingerprint density at radius 2 is 0.848 bits per heavy atom. The molecule has 10 rings (SSSR count). The summed E-state index contributed by atoms with van der Waals surface area (Å²) < 4.78 is 11.5. The molecular formula is C42H25NOS2. The standard InChI is InChI=1S/C42H25NOS2/c1-4-10-37-31(7-1)34-24-29(18-20-38(34)44-37)43(30-19-22-42-36(25-30)33-9-3-6-12-40(33)46-42)28-16-13-26(14-17-28)27-15-21-41-35(23-27)32-8-2-5-11-39(32)45-41/h1-25H. The van der Waals surface area contributed by atoms with Crippen LogP contribution in [0.5, 0.6) is 0 Å². The number of hydrogen-bond acceptors (Lipinski definition) is 4. The molecule has 0 fully saturated rings. The second-order valence-electron chi connectivity index (χ2n) is 11.7. The average Bonchev–Trinajstić information content (AvgIpc) is 3.79. The summed E-state index contributed by atoms with van der Waals surface area (Å²) in [5, 5.41) is 7.47. The van der Waals surface area contributed by atoms with Crippen LogP contribution in [0.15, 0.2) is 156 Å². The van der Waals surface area contributed by atoms with Crippen molar-refractivity contribution in [2.24, 2.45) is 0 Å². The fourth-order valence-corrected chi connectivity index (χ4v) is 9.03. The summed E-state index contributed by atoms with van der Waals surface area (Å²) in [5.74, 6) is 0. The van der Waals surface area contributed by atoms with Gasteiger partial charge in [-0.15, -0.1) is 22.7 Å². The van der Waals surface area contributed by atoms with E-state index in [9.17, 15) is 0 Å². The maximum absolute atomic E-state index is 6.19. The van der Waals surface area contributed by atoms with Crippen molar-refractivity contribution in [2.75, 3.05) is 4.90 Å². The molecule has 7 aromatic carbocycles. The number of para-hydroxylation sites is 1. The maximum Gasteiger partial charge on any atom is 0.135 e. The lowest BCUT2D eigenvalue weighted by molar-refractivity contribution is 0.669. The molecule has 216 valence electrons. The van der Waals surface area contributed by atoms with E-state index >= 15 is 0 Å². The predicted octanol–water partition coefficient (Wildman–Crippen LogP) is 13.5. The first kappa shape index (κ1) is 25.9. The third-order valence-corrected chi connectivity index (χ3v) is 11.4. The first-order valence-electron chi connectivity index (χ1n) is 15.4. The van der Waals surface area contributed by atoms with Gasteiger partial charge in [-0.2, -0.15) is 0 Å². The summed E-state index contributed by atoms with van der Waals surface area (Å²) in [6.07, 6.45) is 0. The minimum absolute atomic E-state index is 0.899. The van der Waals surface area contributed by atoms with Crippen molar-refractivity contribution in [3.8, 4) is 11.1 Å². The van der Waals surface area contributed by atoms with Gasteiger partial charge in [0.1, 0.15) is 11.2 Å². The Morgan fingerprint density at radius 1 is 0.348 bits per heavy atom. The molecule has 46 heavy (non-hydrogen) atoms. The first-order chi connectivity index (χ1) is 22.8. The van der Waals surface area contributed by atoms with Gasteiger partial charge in [-0.05, 0) is 90.0 Å². The molecule has 0 atom stereocenters. The van der Waals surface area contributed by atoms with E-state index in [-0.39, 0.29) is 0 Å². The average molecular weight is 624 g/mol. The Balaban J connectivity index is 1.13. The zero-order valence-corrected chi connectivity index (χ0v) is 26.2. The summed E-state index contributed by atoms with van der Waals surface area (Å²) in [5.41, 5.74) is 7.57. The highest BCUT2D eigenvalue weighted by Crippen LogP contribution is 2.43. The van der Waals surface area contributed by atoms with E-state index in [1.807, 2.05) is 34.8 Å². The molecule has 0 saturated carbocycles. The number of anilines is 3. The number of hydrogen-bond donors (Lipinski definition) is 0. The number of rotatable bonds is 4. The van der Waals surface area contributed by atoms with Crippen LogP contribution in [0.25, 0.3) is 73.4 Å². The number of nitrogens with zero attached hydrogens (tertiary/aromatic N) is 1. The summed E-state index contributed by atoms with van der Waals surface area (Å²) >= 11 is 3.71. The van der Waals surface area contributed by atoms with Crippen molar-refractivity contribution in [3.05, 3.63) is 152 Å². The van der Waals surface area contributed by atoms with E-state index in [4.69, 9.17) is 4.42 Å². The molecule has 0 unspecified atom stereocenters. The highest BCUT2D eigenvalue weighted by atomic mass is 32.1. The first-order valence-corrected chi connectivity index (χ1v) is 17.0. The van der Waals surface area contributed by atoms with Crippen LogP contribution in [0, 0.1) is 0 Å². The SMILES string of the molecule is c1ccc2c(c1)oc1ccc(N(c3ccc(-c4ccc5sc6ccccc6c5c4)cc3)c3ccc4sc5ccccc5c4c3)cc12. The van der Waals surface area contributed by atoms with Crippen molar-refractivity contribution in [1.29, 1.82) is 0 Å². The number of fused-ring (bicyclic) bond motifs is 9. The second kappa shape index (κ2) is 10.0. The lowest BCUT2D eigenvalue weighted by Gasteiger charge is -2.26. The smallest absolute Gasteiger partial charge is 0.135 e. The number of benzene rings is 7. The molecule has 3 aromatic heterocycles. The molecule has 0 spiro atoms. The maximum atomic E-state index is 6.19. The molecule has 3 heterocycles. The zero-order chi connectivity index (χ0) is 30.2. The molecular weight excluding hydrogens is 599 g/mol. The van der Waals surface area contributed by atoms with Gasteiger partial charge in [-0.1, -0.05) is 72.8 Å². The third-order valence-electron chi connectivity index (χ3n) is 9.07. The summed E-state index contributed by atoms with van der Waals surface area (Å²) in [4.78, 5) is 2.37. The van der Waals surface area contributed by atoms with Crippen LogP contribution < -0.4 is 4.90 Å². The quantitative estimate of drug-likeness (QED) is 0.194.